The van der Waals surface area contributed by atoms with Crippen LogP contribution in [0.3, 0.4) is 0 Å². The first kappa shape index (κ1) is 37.0. The third kappa shape index (κ3) is 10.4. The molecule has 0 saturated carbocycles. The molecule has 5 aromatic rings. The van der Waals surface area contributed by atoms with E-state index in [0.717, 1.165) is 77.6 Å². The van der Waals surface area contributed by atoms with Gasteiger partial charge in [0.15, 0.2) is 0 Å². The highest BCUT2D eigenvalue weighted by atomic mass is 32.1. The molecule has 11 heteroatoms. The Balaban J connectivity index is 1.28. The zero-order valence-electron chi connectivity index (χ0n) is 29.2. The predicted molar refractivity (Wildman–Crippen MR) is 204 cm³/mol. The molecule has 0 saturated heterocycles. The van der Waals surface area contributed by atoms with Crippen LogP contribution in [0.5, 0.6) is 17.2 Å². The van der Waals surface area contributed by atoms with Crippen molar-refractivity contribution in [1.82, 2.24) is 9.97 Å². The van der Waals surface area contributed by atoms with E-state index in [1.807, 2.05) is 41.4 Å². The fourth-order valence-corrected chi connectivity index (χ4v) is 6.35. The number of carbonyl (C=O) groups is 2. The maximum absolute atomic E-state index is 13.4. The number of hydrogen-bond acceptors (Lipinski definition) is 11. The predicted octanol–water partition coefficient (Wildman–Crippen LogP) is 9.16. The molecule has 2 aromatic heterocycles. The van der Waals surface area contributed by atoms with Crippen molar-refractivity contribution < 1.29 is 28.5 Å². The molecule has 0 N–H and O–H groups in total. The minimum atomic E-state index is -0.489. The summed E-state index contributed by atoms with van der Waals surface area (Å²) in [4.78, 5) is 34.6. The van der Waals surface area contributed by atoms with Crippen molar-refractivity contribution >= 4 is 55.7 Å². The van der Waals surface area contributed by atoms with E-state index in [-0.39, 0.29) is 0 Å². The van der Waals surface area contributed by atoms with Gasteiger partial charge in [-0.3, -0.25) is 0 Å². The summed E-state index contributed by atoms with van der Waals surface area (Å²) in [5.74, 6) is 0.812. The second kappa shape index (κ2) is 19.2. The number of benzene rings is 3. The number of methoxy groups -OCH3 is 1. The topological polar surface area (TPSA) is 112 Å². The number of nitrogens with zero attached hydrogens (tertiary/aromatic N) is 4. The molecule has 0 unspecified atom stereocenters. The van der Waals surface area contributed by atoms with Gasteiger partial charge in [-0.2, -0.15) is 5.10 Å². The highest BCUT2D eigenvalue weighted by molar-refractivity contribution is 7.21. The number of fused-ring (bicyclic) bond motifs is 2. The fraction of sp³-hybridized carbons (Fsp3) is 0.325. The molecule has 10 nitrogen and oxygen atoms in total. The number of rotatable bonds is 20. The first-order chi connectivity index (χ1) is 25.0. The zero-order chi connectivity index (χ0) is 35.8. The molecule has 0 aliphatic rings. The van der Waals surface area contributed by atoms with Gasteiger partial charge >= 0.3 is 11.9 Å². The van der Waals surface area contributed by atoms with Gasteiger partial charge < -0.3 is 18.9 Å². The molecular formula is C40H44N4O6S. The summed E-state index contributed by atoms with van der Waals surface area (Å²) in [5.41, 5.74) is 1.90. The number of esters is 2. The monoisotopic (exact) mass is 708 g/mol. The van der Waals surface area contributed by atoms with Crippen LogP contribution in [0.1, 0.15) is 74.2 Å². The first-order valence-electron chi connectivity index (χ1n) is 17.4. The van der Waals surface area contributed by atoms with Gasteiger partial charge in [-0.05, 0) is 74.6 Å². The Morgan fingerprint density at radius 3 is 2.43 bits per heavy atom. The average Bonchev–Trinajstić information content (AvgIpc) is 3.60. The van der Waals surface area contributed by atoms with E-state index in [0.29, 0.717) is 48.1 Å². The van der Waals surface area contributed by atoms with E-state index in [1.54, 1.807) is 49.9 Å². The molecule has 0 atom stereocenters. The van der Waals surface area contributed by atoms with Crippen molar-refractivity contribution in [2.45, 2.75) is 58.3 Å². The van der Waals surface area contributed by atoms with E-state index in [4.69, 9.17) is 29.0 Å². The Hall–Kier alpha value is -5.29. The first-order valence-corrected chi connectivity index (χ1v) is 18.2. The number of carbonyl (C=O) groups excluding carboxylic acids is 2. The van der Waals surface area contributed by atoms with Crippen molar-refractivity contribution in [3.8, 4) is 17.2 Å². The Labute approximate surface area is 302 Å². The average molecular weight is 709 g/mol. The van der Waals surface area contributed by atoms with Crippen molar-refractivity contribution in [2.24, 2.45) is 5.10 Å². The molecule has 0 bridgehead atoms. The second-order valence-electron chi connectivity index (χ2n) is 11.8. The molecule has 2 heterocycles. The van der Waals surface area contributed by atoms with Crippen molar-refractivity contribution in [3.63, 3.8) is 0 Å². The number of hydrazone groups is 1. The Morgan fingerprint density at radius 2 is 1.69 bits per heavy atom. The minimum Gasteiger partial charge on any atom is -0.495 e. The van der Waals surface area contributed by atoms with Crippen molar-refractivity contribution in [3.05, 3.63) is 96.7 Å². The van der Waals surface area contributed by atoms with Gasteiger partial charge in [-0.25, -0.2) is 24.6 Å². The van der Waals surface area contributed by atoms with Gasteiger partial charge in [0.05, 0.1) is 32.1 Å². The molecule has 0 amide bonds. The summed E-state index contributed by atoms with van der Waals surface area (Å²) in [5, 5.41) is 9.11. The molecule has 0 fully saturated rings. The quantitative estimate of drug-likeness (QED) is 0.0195. The molecular weight excluding hydrogens is 665 g/mol. The van der Waals surface area contributed by atoms with E-state index >= 15 is 0 Å². The van der Waals surface area contributed by atoms with Crippen LogP contribution in [0.2, 0.25) is 0 Å². The normalized spacial score (nSPS) is 11.2. The van der Waals surface area contributed by atoms with E-state index in [1.165, 1.54) is 17.4 Å². The fourth-order valence-electron chi connectivity index (χ4n) is 5.46. The van der Waals surface area contributed by atoms with Gasteiger partial charge in [0.2, 0.25) is 5.13 Å². The summed E-state index contributed by atoms with van der Waals surface area (Å²) < 4.78 is 22.8. The van der Waals surface area contributed by atoms with Crippen LogP contribution in [-0.2, 0) is 9.53 Å². The standard InChI is InChI=1S/C40H44N4O6S/c1-4-6-7-12-24-44(40-43-34-18-15-23-41-38(34)51-40)42-28-30-27-35(32-16-10-11-17-33(32)37(30)47-3)50-39(46)29-19-21-31(22-20-29)48-25-13-8-9-14-26-49-36(45)5-2/h5,10-11,15-23,27-28H,2,4,6-9,12-14,24-26H2,1,3H3/b42-28+. The van der Waals surface area contributed by atoms with E-state index in [9.17, 15) is 9.59 Å². The van der Waals surface area contributed by atoms with Crippen LogP contribution in [0.15, 0.2) is 90.7 Å². The molecule has 266 valence electrons. The number of anilines is 1. The second-order valence-corrected chi connectivity index (χ2v) is 12.8. The lowest BCUT2D eigenvalue weighted by molar-refractivity contribution is -0.137. The lowest BCUT2D eigenvalue weighted by Crippen LogP contribution is -2.18. The molecule has 5 rings (SSSR count). The Kier molecular flexibility index (Phi) is 13.9. The van der Waals surface area contributed by atoms with Crippen molar-refractivity contribution in [2.75, 3.05) is 31.9 Å². The third-order valence-corrected chi connectivity index (χ3v) is 9.13. The molecule has 0 aliphatic heterocycles. The van der Waals surface area contributed by atoms with Gasteiger partial charge in [0.1, 0.15) is 27.6 Å². The van der Waals surface area contributed by atoms with Crippen LogP contribution in [0, 0.1) is 0 Å². The number of aromatic nitrogens is 2. The van der Waals surface area contributed by atoms with Gasteiger partial charge in [0.25, 0.3) is 0 Å². The third-order valence-electron chi connectivity index (χ3n) is 8.14. The summed E-state index contributed by atoms with van der Waals surface area (Å²) in [6.45, 7) is 7.22. The smallest absolute Gasteiger partial charge is 0.343 e. The number of hydrogen-bond donors (Lipinski definition) is 0. The van der Waals surface area contributed by atoms with Crippen LogP contribution in [-0.4, -0.2) is 55.0 Å². The zero-order valence-corrected chi connectivity index (χ0v) is 30.0. The Morgan fingerprint density at radius 1 is 0.922 bits per heavy atom. The summed E-state index contributed by atoms with van der Waals surface area (Å²) >= 11 is 1.50. The van der Waals surface area contributed by atoms with E-state index in [2.05, 4.69) is 18.5 Å². The molecule has 0 spiro atoms. The molecule has 0 aliphatic carbocycles. The molecule has 51 heavy (non-hydrogen) atoms. The van der Waals surface area contributed by atoms with Crippen LogP contribution in [0.4, 0.5) is 5.13 Å². The lowest BCUT2D eigenvalue weighted by Gasteiger charge is -2.17. The SMILES string of the molecule is C=CC(=O)OCCCCCCOc1ccc(C(=O)Oc2cc(/C=N/N(CCCCCC)c3nc4cccnc4s3)c(OC)c3ccccc23)cc1. The number of unbranched alkanes of at least 4 members (excludes halogenated alkanes) is 6. The lowest BCUT2D eigenvalue weighted by atomic mass is 10.0. The van der Waals surface area contributed by atoms with Crippen molar-refractivity contribution in [1.29, 1.82) is 0 Å². The van der Waals surface area contributed by atoms with Crippen LogP contribution < -0.4 is 19.2 Å². The molecule has 3 aromatic carbocycles. The maximum Gasteiger partial charge on any atom is 0.343 e. The summed E-state index contributed by atoms with van der Waals surface area (Å²) in [6.07, 6.45) is 12.6. The largest absolute Gasteiger partial charge is 0.495 e. The highest BCUT2D eigenvalue weighted by Crippen LogP contribution is 2.37. The summed E-state index contributed by atoms with van der Waals surface area (Å²) in [7, 11) is 1.63. The Bertz CT molecular complexity index is 1910. The number of thiazole rings is 1. The van der Waals surface area contributed by atoms with Crippen LogP contribution >= 0.6 is 11.3 Å². The number of pyridine rings is 1. The summed E-state index contributed by atoms with van der Waals surface area (Å²) in [6, 6.07) is 20.2. The number of ether oxygens (including phenoxy) is 4. The van der Waals surface area contributed by atoms with Gasteiger partial charge in [-0.15, -0.1) is 0 Å². The van der Waals surface area contributed by atoms with E-state index < -0.39 is 11.9 Å². The highest BCUT2D eigenvalue weighted by Gasteiger charge is 2.18. The maximum atomic E-state index is 13.4. The molecule has 0 radical (unpaired) electrons. The minimum absolute atomic E-state index is 0.394. The van der Waals surface area contributed by atoms with Gasteiger partial charge in [0, 0.05) is 35.2 Å². The van der Waals surface area contributed by atoms with Gasteiger partial charge in [-0.1, -0.05) is 68.4 Å². The van der Waals surface area contributed by atoms with Crippen LogP contribution in [0.25, 0.3) is 21.1 Å².